The van der Waals surface area contributed by atoms with Crippen LogP contribution in [0.25, 0.3) is 0 Å². The van der Waals surface area contributed by atoms with E-state index < -0.39 is 6.10 Å². The molecule has 0 bridgehead atoms. The fourth-order valence-electron chi connectivity index (χ4n) is 1.30. The summed E-state index contributed by atoms with van der Waals surface area (Å²) in [5, 5.41) is 10.8. The van der Waals surface area contributed by atoms with Crippen LogP contribution in [0.5, 0.6) is 0 Å². The molecular formula is C10H8Cl2N2OS. The third-order valence-corrected chi connectivity index (χ3v) is 3.34. The first-order valence-corrected chi connectivity index (χ1v) is 6.16. The minimum atomic E-state index is -0.731. The number of aliphatic hydroxyl groups excluding tert-OH is 1. The predicted octanol–water partition coefficient (Wildman–Crippen LogP) is 3.12. The molecule has 0 aromatic carbocycles. The summed E-state index contributed by atoms with van der Waals surface area (Å²) in [4.78, 5) is 8.95. The summed E-state index contributed by atoms with van der Waals surface area (Å²) >= 11 is 13.2. The minimum absolute atomic E-state index is 0.379. The Labute approximate surface area is 107 Å². The lowest BCUT2D eigenvalue weighted by atomic mass is 10.1. The summed E-state index contributed by atoms with van der Waals surface area (Å²) in [6.45, 7) is 0. The lowest BCUT2D eigenvalue weighted by molar-refractivity contribution is 0.174. The van der Waals surface area contributed by atoms with E-state index in [2.05, 4.69) is 9.97 Å². The van der Waals surface area contributed by atoms with Crippen molar-refractivity contribution in [3.05, 3.63) is 44.6 Å². The standard InChI is InChI=1S/C10H8Cl2N2OS/c11-6-1-8(12)10(14-3-6)9(15)2-7-4-13-5-16-7/h1,3-5,9,15H,2H2. The molecule has 2 aromatic heterocycles. The topological polar surface area (TPSA) is 46.0 Å². The third kappa shape index (κ3) is 2.71. The van der Waals surface area contributed by atoms with Gasteiger partial charge in [0.15, 0.2) is 0 Å². The van der Waals surface area contributed by atoms with Gasteiger partial charge in [-0.05, 0) is 6.07 Å². The zero-order valence-electron chi connectivity index (χ0n) is 8.10. The van der Waals surface area contributed by atoms with E-state index in [1.54, 1.807) is 17.8 Å². The van der Waals surface area contributed by atoms with E-state index in [0.717, 1.165) is 4.88 Å². The molecule has 0 aliphatic heterocycles. The maximum Gasteiger partial charge on any atom is 0.102 e. The molecule has 2 heterocycles. The second-order valence-electron chi connectivity index (χ2n) is 3.21. The number of halogens is 2. The molecule has 84 valence electrons. The van der Waals surface area contributed by atoms with E-state index in [1.807, 2.05) is 0 Å². The molecule has 0 spiro atoms. The molecule has 3 nitrogen and oxygen atoms in total. The molecule has 0 aliphatic carbocycles. The highest BCUT2D eigenvalue weighted by molar-refractivity contribution is 7.09. The molecule has 0 fully saturated rings. The van der Waals surface area contributed by atoms with Gasteiger partial charge in [-0.25, -0.2) is 0 Å². The van der Waals surface area contributed by atoms with Crippen LogP contribution in [0, 0.1) is 0 Å². The van der Waals surface area contributed by atoms with Crippen molar-refractivity contribution in [1.82, 2.24) is 9.97 Å². The molecule has 0 saturated carbocycles. The molecule has 2 aromatic rings. The highest BCUT2D eigenvalue weighted by Crippen LogP contribution is 2.26. The number of rotatable bonds is 3. The summed E-state index contributed by atoms with van der Waals surface area (Å²) in [5.41, 5.74) is 2.17. The van der Waals surface area contributed by atoms with Crippen LogP contribution in [0.1, 0.15) is 16.7 Å². The Morgan fingerprint density at radius 3 is 2.81 bits per heavy atom. The van der Waals surface area contributed by atoms with Crippen molar-refractivity contribution in [3.8, 4) is 0 Å². The van der Waals surface area contributed by atoms with Crippen LogP contribution >= 0.6 is 34.5 Å². The normalized spacial score (nSPS) is 12.7. The fourth-order valence-corrected chi connectivity index (χ4v) is 2.44. The maximum atomic E-state index is 9.95. The van der Waals surface area contributed by atoms with Gasteiger partial charge in [-0.2, -0.15) is 0 Å². The molecular weight excluding hydrogens is 267 g/mol. The highest BCUT2D eigenvalue weighted by atomic mass is 35.5. The molecule has 0 amide bonds. The van der Waals surface area contributed by atoms with Crippen molar-refractivity contribution in [1.29, 1.82) is 0 Å². The Bertz CT molecular complexity index is 476. The molecule has 0 aliphatic rings. The Hall–Kier alpha value is -0.680. The summed E-state index contributed by atoms with van der Waals surface area (Å²) < 4.78 is 0. The number of pyridine rings is 1. The van der Waals surface area contributed by atoms with Crippen LogP contribution < -0.4 is 0 Å². The first-order valence-electron chi connectivity index (χ1n) is 4.53. The molecule has 1 unspecified atom stereocenters. The average Bonchev–Trinajstić information content (AvgIpc) is 2.70. The molecule has 0 saturated heterocycles. The lowest BCUT2D eigenvalue weighted by Crippen LogP contribution is -2.04. The number of aromatic nitrogens is 2. The van der Waals surface area contributed by atoms with Crippen molar-refractivity contribution in [3.63, 3.8) is 0 Å². The number of hydrogen-bond donors (Lipinski definition) is 1. The first kappa shape index (κ1) is 11.8. The van der Waals surface area contributed by atoms with E-state index in [4.69, 9.17) is 23.2 Å². The summed E-state index contributed by atoms with van der Waals surface area (Å²) in [5.74, 6) is 0. The number of aliphatic hydroxyl groups is 1. The Morgan fingerprint density at radius 2 is 2.19 bits per heavy atom. The molecule has 2 rings (SSSR count). The lowest BCUT2D eigenvalue weighted by Gasteiger charge is -2.10. The van der Waals surface area contributed by atoms with Crippen molar-refractivity contribution < 1.29 is 5.11 Å². The summed E-state index contributed by atoms with van der Waals surface area (Å²) in [6, 6.07) is 1.57. The van der Waals surface area contributed by atoms with Crippen LogP contribution in [0.2, 0.25) is 10.0 Å². The van der Waals surface area contributed by atoms with E-state index in [-0.39, 0.29) is 0 Å². The van der Waals surface area contributed by atoms with Gasteiger partial charge in [-0.3, -0.25) is 9.97 Å². The van der Waals surface area contributed by atoms with Crippen LogP contribution in [-0.2, 0) is 6.42 Å². The van der Waals surface area contributed by atoms with Gasteiger partial charge in [0.25, 0.3) is 0 Å². The van der Waals surface area contributed by atoms with Crippen molar-refractivity contribution in [2.45, 2.75) is 12.5 Å². The van der Waals surface area contributed by atoms with Gasteiger partial charge < -0.3 is 5.11 Å². The van der Waals surface area contributed by atoms with Crippen molar-refractivity contribution in [2.24, 2.45) is 0 Å². The fraction of sp³-hybridized carbons (Fsp3) is 0.200. The third-order valence-electron chi connectivity index (χ3n) is 2.03. The van der Waals surface area contributed by atoms with Crippen LogP contribution in [0.3, 0.4) is 0 Å². The van der Waals surface area contributed by atoms with Crippen molar-refractivity contribution in [2.75, 3.05) is 0 Å². The molecule has 0 radical (unpaired) electrons. The van der Waals surface area contributed by atoms with Gasteiger partial charge in [-0.15, -0.1) is 11.3 Å². The number of thiazole rings is 1. The monoisotopic (exact) mass is 274 g/mol. The van der Waals surface area contributed by atoms with Gasteiger partial charge in [0.1, 0.15) is 6.10 Å². The quantitative estimate of drug-likeness (QED) is 0.936. The molecule has 6 heteroatoms. The van der Waals surface area contributed by atoms with Gasteiger partial charge in [-0.1, -0.05) is 23.2 Å². The zero-order valence-corrected chi connectivity index (χ0v) is 10.4. The first-order chi connectivity index (χ1) is 7.66. The van der Waals surface area contributed by atoms with E-state index in [9.17, 15) is 5.11 Å². The number of nitrogens with zero attached hydrogens (tertiary/aromatic N) is 2. The second kappa shape index (κ2) is 5.10. The molecule has 1 N–H and O–H groups in total. The summed E-state index contributed by atoms with van der Waals surface area (Å²) in [6.07, 6.45) is 2.92. The average molecular weight is 275 g/mol. The molecule has 16 heavy (non-hydrogen) atoms. The van der Waals surface area contributed by atoms with E-state index >= 15 is 0 Å². The Kier molecular flexibility index (Phi) is 3.76. The highest BCUT2D eigenvalue weighted by Gasteiger charge is 2.15. The van der Waals surface area contributed by atoms with Crippen LogP contribution in [0.15, 0.2) is 24.0 Å². The largest absolute Gasteiger partial charge is 0.386 e. The van der Waals surface area contributed by atoms with Gasteiger partial charge >= 0.3 is 0 Å². The van der Waals surface area contributed by atoms with Gasteiger partial charge in [0.05, 0.1) is 21.2 Å². The minimum Gasteiger partial charge on any atom is -0.386 e. The second-order valence-corrected chi connectivity index (χ2v) is 5.02. The van der Waals surface area contributed by atoms with E-state index in [1.165, 1.54) is 17.5 Å². The van der Waals surface area contributed by atoms with E-state index in [0.29, 0.717) is 22.2 Å². The number of hydrogen-bond acceptors (Lipinski definition) is 4. The SMILES string of the molecule is OC(Cc1cncs1)c1ncc(Cl)cc1Cl. The van der Waals surface area contributed by atoms with Gasteiger partial charge in [0, 0.05) is 23.7 Å². The zero-order chi connectivity index (χ0) is 11.5. The Morgan fingerprint density at radius 1 is 1.38 bits per heavy atom. The molecule has 1 atom stereocenters. The Balaban J connectivity index is 2.17. The predicted molar refractivity (Wildman–Crippen MR) is 65.0 cm³/mol. The van der Waals surface area contributed by atoms with Crippen LogP contribution in [0.4, 0.5) is 0 Å². The van der Waals surface area contributed by atoms with Gasteiger partial charge in [0.2, 0.25) is 0 Å². The maximum absolute atomic E-state index is 9.95. The van der Waals surface area contributed by atoms with Crippen molar-refractivity contribution >= 4 is 34.5 Å². The smallest absolute Gasteiger partial charge is 0.102 e. The van der Waals surface area contributed by atoms with Crippen LogP contribution in [-0.4, -0.2) is 15.1 Å². The summed E-state index contributed by atoms with van der Waals surface area (Å²) in [7, 11) is 0.